The molecule has 232 valence electrons. The van der Waals surface area contributed by atoms with Crippen molar-refractivity contribution >= 4 is 46.5 Å². The van der Waals surface area contributed by atoms with E-state index in [0.29, 0.717) is 5.56 Å². The third kappa shape index (κ3) is 8.56. The van der Waals surface area contributed by atoms with Crippen molar-refractivity contribution in [2.24, 2.45) is 11.3 Å². The highest BCUT2D eigenvalue weighted by molar-refractivity contribution is 8.15. The zero-order chi connectivity index (χ0) is 32.0. The zero-order valence-corrected chi connectivity index (χ0v) is 26.9. The van der Waals surface area contributed by atoms with Crippen molar-refractivity contribution in [1.82, 2.24) is 25.8 Å². The van der Waals surface area contributed by atoms with E-state index in [1.165, 1.54) is 19.0 Å². The number of carbonyl (C=O) groups excluding carboxylic acids is 6. The second-order valence-electron chi connectivity index (χ2n) is 12.5. The van der Waals surface area contributed by atoms with Gasteiger partial charge in [0.05, 0.1) is 5.25 Å². The third-order valence-corrected chi connectivity index (χ3v) is 8.48. The summed E-state index contributed by atoms with van der Waals surface area (Å²) in [5, 5.41) is 6.77. The monoisotopic (exact) mass is 603 g/mol. The van der Waals surface area contributed by atoms with Crippen molar-refractivity contribution in [3.63, 3.8) is 0 Å². The second-order valence-corrected chi connectivity index (χ2v) is 13.7. The van der Waals surface area contributed by atoms with Crippen molar-refractivity contribution in [2.45, 2.75) is 84.2 Å². The summed E-state index contributed by atoms with van der Waals surface area (Å²) in [5.74, 6) is -1.84. The van der Waals surface area contributed by atoms with Crippen LogP contribution in [0.3, 0.4) is 0 Å². The fraction of sp³-hybridized carbons (Fsp3) is 0.600. The molecule has 11 nitrogen and oxygen atoms in total. The van der Waals surface area contributed by atoms with Crippen LogP contribution in [0.5, 0.6) is 0 Å². The number of likely N-dealkylation sites (N-methyl/N-ethyl adjacent to an activating group) is 2. The fourth-order valence-electron chi connectivity index (χ4n) is 4.47. The van der Waals surface area contributed by atoms with Crippen LogP contribution in [-0.4, -0.2) is 88.1 Å². The number of thioether (sulfide) groups is 1. The number of nitrogens with one attached hydrogen (secondary N) is 3. The third-order valence-electron chi connectivity index (χ3n) is 7.29. The molecule has 1 unspecified atom stereocenters. The van der Waals surface area contributed by atoms with Gasteiger partial charge in [0.1, 0.15) is 17.6 Å². The van der Waals surface area contributed by atoms with Gasteiger partial charge in [-0.3, -0.25) is 28.9 Å². The van der Waals surface area contributed by atoms with Crippen LogP contribution in [0.1, 0.15) is 71.7 Å². The maximum absolute atomic E-state index is 13.7. The molecule has 0 bridgehead atoms. The van der Waals surface area contributed by atoms with Gasteiger partial charge in [-0.25, -0.2) is 4.79 Å². The Morgan fingerprint density at radius 2 is 1.55 bits per heavy atom. The summed E-state index contributed by atoms with van der Waals surface area (Å²) in [6.07, 6.45) is 0.281. The van der Waals surface area contributed by atoms with E-state index in [2.05, 4.69) is 16.0 Å². The predicted molar refractivity (Wildman–Crippen MR) is 163 cm³/mol. The summed E-state index contributed by atoms with van der Waals surface area (Å²) in [6, 6.07) is 6.15. The molecule has 6 amide bonds. The highest BCUT2D eigenvalue weighted by Gasteiger charge is 2.49. The van der Waals surface area contributed by atoms with Gasteiger partial charge in [-0.1, -0.05) is 76.7 Å². The first-order valence-electron chi connectivity index (χ1n) is 14.1. The average molecular weight is 604 g/mol. The molecule has 1 saturated heterocycles. The van der Waals surface area contributed by atoms with Crippen LogP contribution < -0.4 is 16.0 Å². The zero-order valence-electron chi connectivity index (χ0n) is 26.1. The van der Waals surface area contributed by atoms with Gasteiger partial charge in [0.25, 0.3) is 5.91 Å². The molecule has 3 N–H and O–H groups in total. The molecule has 2 rings (SSSR count). The molecule has 1 heterocycles. The minimum absolute atomic E-state index is 0.00462. The van der Waals surface area contributed by atoms with Gasteiger partial charge < -0.3 is 20.9 Å². The van der Waals surface area contributed by atoms with Crippen molar-refractivity contribution in [2.75, 3.05) is 20.6 Å². The van der Waals surface area contributed by atoms with E-state index >= 15 is 0 Å². The molecule has 0 aliphatic carbocycles. The number of urea groups is 1. The van der Waals surface area contributed by atoms with Crippen LogP contribution in [-0.2, 0) is 19.2 Å². The molecule has 0 radical (unpaired) electrons. The Balaban J connectivity index is 2.32. The van der Waals surface area contributed by atoms with Gasteiger partial charge in [-0.2, -0.15) is 0 Å². The number of hydrogen-bond acceptors (Lipinski definition) is 7. The standard InChI is InChI=1S/C30H45N5O6S/c1-18(2)17-20(23(36)33-22(25(38)31-8)29(3,4)5)32-24(37)21(42-26(39)19-13-11-10-12-14-19)15-16-35-27(40)30(6,7)34(9)28(35)41/h10-14,18,20-22H,15-17H2,1-9H3,(H,31,38)(H,32,37)(H,33,36)/t20-,21?,22+/m0/s1. The first-order chi connectivity index (χ1) is 19.4. The van der Waals surface area contributed by atoms with Gasteiger partial charge in [-0.05, 0) is 38.0 Å². The van der Waals surface area contributed by atoms with Crippen LogP contribution in [0.25, 0.3) is 0 Å². The molecule has 1 fully saturated rings. The Kier molecular flexibility index (Phi) is 11.7. The summed E-state index contributed by atoms with van der Waals surface area (Å²) >= 11 is 0.782. The first-order valence-corrected chi connectivity index (χ1v) is 15.0. The van der Waals surface area contributed by atoms with Crippen molar-refractivity contribution < 1.29 is 28.8 Å². The largest absolute Gasteiger partial charge is 0.357 e. The maximum atomic E-state index is 13.7. The van der Waals surface area contributed by atoms with E-state index in [9.17, 15) is 28.8 Å². The Hall–Kier alpha value is -3.41. The minimum Gasteiger partial charge on any atom is -0.357 e. The first kappa shape index (κ1) is 34.8. The Labute approximate surface area is 252 Å². The van der Waals surface area contributed by atoms with E-state index in [4.69, 9.17) is 0 Å². The molecule has 1 aliphatic heterocycles. The smallest absolute Gasteiger partial charge is 0.327 e. The number of imide groups is 1. The van der Waals surface area contributed by atoms with E-state index in [-0.39, 0.29) is 36.3 Å². The Morgan fingerprint density at radius 1 is 0.952 bits per heavy atom. The number of amides is 6. The molecular weight excluding hydrogens is 558 g/mol. The summed E-state index contributed by atoms with van der Waals surface area (Å²) in [4.78, 5) is 80.9. The van der Waals surface area contributed by atoms with Crippen LogP contribution in [0.15, 0.2) is 30.3 Å². The number of rotatable bonds is 12. The Morgan fingerprint density at radius 3 is 2.02 bits per heavy atom. The van der Waals surface area contributed by atoms with Crippen LogP contribution in [0.2, 0.25) is 0 Å². The molecule has 3 atom stereocenters. The fourth-order valence-corrected chi connectivity index (χ4v) is 5.40. The summed E-state index contributed by atoms with van der Waals surface area (Å²) < 4.78 is 0. The summed E-state index contributed by atoms with van der Waals surface area (Å²) in [6.45, 7) is 12.5. The Bertz CT molecular complexity index is 1180. The highest BCUT2D eigenvalue weighted by atomic mass is 32.2. The van der Waals surface area contributed by atoms with Gasteiger partial charge in [0, 0.05) is 26.2 Å². The van der Waals surface area contributed by atoms with Gasteiger partial charge in [0.2, 0.25) is 22.8 Å². The normalized spacial score (nSPS) is 17.1. The van der Waals surface area contributed by atoms with Crippen LogP contribution >= 0.6 is 11.8 Å². The molecule has 1 aromatic carbocycles. The molecule has 0 saturated carbocycles. The summed E-state index contributed by atoms with van der Waals surface area (Å²) in [5.41, 5.74) is -1.24. The number of carbonyl (C=O) groups is 6. The quantitative estimate of drug-likeness (QED) is 0.312. The summed E-state index contributed by atoms with van der Waals surface area (Å²) in [7, 11) is 3.03. The van der Waals surface area contributed by atoms with Crippen molar-refractivity contribution in [3.05, 3.63) is 35.9 Å². The predicted octanol–water partition coefficient (Wildman–Crippen LogP) is 2.80. The van der Waals surface area contributed by atoms with Crippen molar-refractivity contribution in [1.29, 1.82) is 0 Å². The van der Waals surface area contributed by atoms with Crippen LogP contribution in [0, 0.1) is 11.3 Å². The molecular formula is C30H45N5O6S. The topological polar surface area (TPSA) is 145 Å². The van der Waals surface area contributed by atoms with Gasteiger partial charge in [0.15, 0.2) is 0 Å². The maximum Gasteiger partial charge on any atom is 0.327 e. The van der Waals surface area contributed by atoms with Gasteiger partial charge in [-0.15, -0.1) is 0 Å². The van der Waals surface area contributed by atoms with Crippen molar-refractivity contribution in [3.8, 4) is 0 Å². The van der Waals surface area contributed by atoms with E-state index in [1.54, 1.807) is 44.2 Å². The number of benzene rings is 1. The minimum atomic E-state index is -1.03. The van der Waals surface area contributed by atoms with E-state index < -0.39 is 52.0 Å². The van der Waals surface area contributed by atoms with E-state index in [0.717, 1.165) is 16.7 Å². The lowest BCUT2D eigenvalue weighted by molar-refractivity contribution is -0.134. The molecule has 12 heteroatoms. The molecule has 0 spiro atoms. The van der Waals surface area contributed by atoms with E-state index in [1.807, 2.05) is 34.6 Å². The SMILES string of the molecule is CNC(=O)[C@@H](NC(=O)[C@H](CC(C)C)NC(=O)C(CCN1C(=O)N(C)C(C)(C)C1=O)SC(=O)c1ccccc1)C(C)(C)C. The lowest BCUT2D eigenvalue weighted by Crippen LogP contribution is -2.58. The average Bonchev–Trinajstić information content (AvgIpc) is 3.06. The lowest BCUT2D eigenvalue weighted by atomic mass is 9.85. The van der Waals surface area contributed by atoms with Crippen LogP contribution in [0.4, 0.5) is 4.79 Å². The molecule has 0 aromatic heterocycles. The number of hydrogen-bond donors (Lipinski definition) is 3. The number of nitrogens with zero attached hydrogens (tertiary/aromatic N) is 2. The lowest BCUT2D eigenvalue weighted by Gasteiger charge is -2.32. The molecule has 1 aromatic rings. The highest BCUT2D eigenvalue weighted by Crippen LogP contribution is 2.28. The second kappa shape index (κ2) is 14.2. The molecule has 42 heavy (non-hydrogen) atoms. The molecule has 1 aliphatic rings. The van der Waals surface area contributed by atoms with Gasteiger partial charge >= 0.3 is 6.03 Å².